The first-order chi connectivity index (χ1) is 11.4. The first kappa shape index (κ1) is 16.9. The predicted octanol–water partition coefficient (Wildman–Crippen LogP) is 3.31. The van der Waals surface area contributed by atoms with Gasteiger partial charge in [-0.1, -0.05) is 25.3 Å². The number of aliphatic carboxylic acids is 1. The summed E-state index contributed by atoms with van der Waals surface area (Å²) in [6, 6.07) is 3.37. The van der Waals surface area contributed by atoms with Gasteiger partial charge in [0.15, 0.2) is 0 Å². The van der Waals surface area contributed by atoms with Gasteiger partial charge in [0, 0.05) is 19.0 Å². The van der Waals surface area contributed by atoms with Gasteiger partial charge in [-0.3, -0.25) is 4.79 Å². The van der Waals surface area contributed by atoms with E-state index in [4.69, 9.17) is 0 Å². The summed E-state index contributed by atoms with van der Waals surface area (Å²) in [6.07, 6.45) is 3.92. The normalized spacial score (nSPS) is 25.1. The molecule has 130 valence electrons. The van der Waals surface area contributed by atoms with Crippen molar-refractivity contribution in [2.24, 2.45) is 5.92 Å². The van der Waals surface area contributed by atoms with Crippen LogP contribution in [-0.4, -0.2) is 34.5 Å². The van der Waals surface area contributed by atoms with Crippen molar-refractivity contribution >= 4 is 11.9 Å². The summed E-state index contributed by atoms with van der Waals surface area (Å²) < 4.78 is 26.9. The Labute approximate surface area is 139 Å². The highest BCUT2D eigenvalue weighted by atomic mass is 19.1. The summed E-state index contributed by atoms with van der Waals surface area (Å²) in [5.74, 6) is -3.24. The SMILES string of the molecule is CN(C(=O)C1CC1c1ccc(F)cc1F)C1(C(=O)O)CCCCC1. The van der Waals surface area contributed by atoms with Gasteiger partial charge >= 0.3 is 5.97 Å². The number of carboxylic acid groups (broad SMARTS) is 1. The lowest BCUT2D eigenvalue weighted by Crippen LogP contribution is -2.56. The number of halogens is 2. The molecular weight excluding hydrogens is 316 g/mol. The van der Waals surface area contributed by atoms with Crippen LogP contribution in [0.5, 0.6) is 0 Å². The van der Waals surface area contributed by atoms with Gasteiger partial charge in [0.1, 0.15) is 17.2 Å². The molecule has 0 radical (unpaired) electrons. The number of carboxylic acids is 1. The molecule has 2 fully saturated rings. The monoisotopic (exact) mass is 337 g/mol. The predicted molar refractivity (Wildman–Crippen MR) is 83.4 cm³/mol. The zero-order valence-corrected chi connectivity index (χ0v) is 13.6. The number of hydrogen-bond donors (Lipinski definition) is 1. The maximum absolute atomic E-state index is 13.9. The van der Waals surface area contributed by atoms with Gasteiger partial charge < -0.3 is 10.0 Å². The standard InChI is InChI=1S/C18H21F2NO3/c1-21(18(17(23)24)7-3-2-4-8-18)16(22)14-10-13(14)12-6-5-11(19)9-15(12)20/h5-6,9,13-14H,2-4,7-8,10H2,1H3,(H,23,24). The van der Waals surface area contributed by atoms with Gasteiger partial charge in [0.25, 0.3) is 0 Å². The van der Waals surface area contributed by atoms with Gasteiger partial charge in [0.05, 0.1) is 0 Å². The first-order valence-corrected chi connectivity index (χ1v) is 8.33. The van der Waals surface area contributed by atoms with Gasteiger partial charge in [0.2, 0.25) is 5.91 Å². The molecule has 0 aliphatic heterocycles. The molecule has 0 heterocycles. The van der Waals surface area contributed by atoms with Gasteiger partial charge in [-0.05, 0) is 36.8 Å². The lowest BCUT2D eigenvalue weighted by atomic mass is 9.80. The lowest BCUT2D eigenvalue weighted by Gasteiger charge is -2.41. The largest absolute Gasteiger partial charge is 0.479 e. The van der Waals surface area contributed by atoms with E-state index in [2.05, 4.69) is 0 Å². The Morgan fingerprint density at radius 3 is 2.46 bits per heavy atom. The molecule has 3 rings (SSSR count). The van der Waals surface area contributed by atoms with Gasteiger partial charge in [-0.2, -0.15) is 0 Å². The van der Waals surface area contributed by atoms with Crippen molar-refractivity contribution in [3.63, 3.8) is 0 Å². The molecule has 2 unspecified atom stereocenters. The average molecular weight is 337 g/mol. The first-order valence-electron chi connectivity index (χ1n) is 8.33. The van der Waals surface area contributed by atoms with E-state index in [0.717, 1.165) is 25.3 Å². The van der Waals surface area contributed by atoms with E-state index in [1.807, 2.05) is 0 Å². The van der Waals surface area contributed by atoms with Crippen LogP contribution in [0.4, 0.5) is 8.78 Å². The van der Waals surface area contributed by atoms with E-state index in [1.165, 1.54) is 24.1 Å². The van der Waals surface area contributed by atoms with E-state index < -0.39 is 29.1 Å². The van der Waals surface area contributed by atoms with Crippen molar-refractivity contribution in [2.75, 3.05) is 7.05 Å². The fourth-order valence-corrected chi connectivity index (χ4v) is 3.90. The number of amides is 1. The second kappa shape index (κ2) is 6.15. The Bertz CT molecular complexity index is 670. The number of nitrogens with zero attached hydrogens (tertiary/aromatic N) is 1. The fourth-order valence-electron chi connectivity index (χ4n) is 3.90. The third kappa shape index (κ3) is 2.78. The molecule has 2 aliphatic rings. The van der Waals surface area contributed by atoms with Crippen LogP contribution in [0, 0.1) is 17.6 Å². The van der Waals surface area contributed by atoms with Crippen molar-refractivity contribution < 1.29 is 23.5 Å². The molecule has 1 amide bonds. The molecule has 1 N–H and O–H groups in total. The van der Waals surface area contributed by atoms with Crippen molar-refractivity contribution in [1.29, 1.82) is 0 Å². The second-order valence-electron chi connectivity index (χ2n) is 6.91. The Morgan fingerprint density at radius 1 is 1.21 bits per heavy atom. The van der Waals surface area contributed by atoms with Crippen LogP contribution in [0.15, 0.2) is 18.2 Å². The van der Waals surface area contributed by atoms with E-state index in [-0.39, 0.29) is 11.8 Å². The molecule has 0 aromatic heterocycles. The Morgan fingerprint density at radius 2 is 1.88 bits per heavy atom. The minimum atomic E-state index is -1.15. The molecule has 0 saturated heterocycles. The number of benzene rings is 1. The summed E-state index contributed by atoms with van der Waals surface area (Å²) >= 11 is 0. The smallest absolute Gasteiger partial charge is 0.329 e. The van der Waals surface area contributed by atoms with Crippen LogP contribution in [0.2, 0.25) is 0 Å². The van der Waals surface area contributed by atoms with Crippen molar-refractivity contribution in [3.8, 4) is 0 Å². The van der Waals surface area contributed by atoms with Crippen molar-refractivity contribution in [2.45, 2.75) is 50.0 Å². The Hall–Kier alpha value is -1.98. The third-order valence-corrected chi connectivity index (χ3v) is 5.52. The summed E-state index contributed by atoms with van der Waals surface area (Å²) in [4.78, 5) is 25.9. The highest BCUT2D eigenvalue weighted by Gasteiger charge is 2.52. The summed E-state index contributed by atoms with van der Waals surface area (Å²) in [7, 11) is 1.54. The van der Waals surface area contributed by atoms with Crippen LogP contribution >= 0.6 is 0 Å². The molecule has 2 atom stereocenters. The number of hydrogen-bond acceptors (Lipinski definition) is 2. The Kier molecular flexibility index (Phi) is 4.32. The van der Waals surface area contributed by atoms with Crippen LogP contribution in [0.25, 0.3) is 0 Å². The zero-order valence-electron chi connectivity index (χ0n) is 13.6. The minimum Gasteiger partial charge on any atom is -0.479 e. The summed E-state index contributed by atoms with van der Waals surface area (Å²) in [5.41, 5.74) is -0.819. The number of rotatable bonds is 4. The van der Waals surface area contributed by atoms with Crippen LogP contribution in [0.1, 0.15) is 50.0 Å². The number of carbonyl (C=O) groups is 2. The molecule has 1 aromatic carbocycles. The van der Waals surface area contributed by atoms with Crippen molar-refractivity contribution in [3.05, 3.63) is 35.4 Å². The molecule has 4 nitrogen and oxygen atoms in total. The maximum Gasteiger partial charge on any atom is 0.329 e. The van der Waals surface area contributed by atoms with E-state index in [1.54, 1.807) is 0 Å². The Balaban J connectivity index is 1.76. The topological polar surface area (TPSA) is 57.6 Å². The molecule has 2 aliphatic carbocycles. The lowest BCUT2D eigenvalue weighted by molar-refractivity contribution is -0.160. The number of carbonyl (C=O) groups excluding carboxylic acids is 1. The summed E-state index contributed by atoms with van der Waals surface area (Å²) in [5, 5.41) is 9.67. The van der Waals surface area contributed by atoms with E-state index in [9.17, 15) is 23.5 Å². The van der Waals surface area contributed by atoms with Crippen LogP contribution in [0.3, 0.4) is 0 Å². The number of likely N-dealkylation sites (N-methyl/N-ethyl adjacent to an activating group) is 1. The van der Waals surface area contributed by atoms with E-state index >= 15 is 0 Å². The molecule has 6 heteroatoms. The molecule has 0 spiro atoms. The third-order valence-electron chi connectivity index (χ3n) is 5.52. The van der Waals surface area contributed by atoms with Crippen molar-refractivity contribution in [1.82, 2.24) is 4.90 Å². The minimum absolute atomic E-state index is 0.256. The zero-order chi connectivity index (χ0) is 17.5. The highest BCUT2D eigenvalue weighted by molar-refractivity contribution is 5.90. The van der Waals surface area contributed by atoms with Gasteiger partial charge in [-0.25, -0.2) is 13.6 Å². The van der Waals surface area contributed by atoms with Gasteiger partial charge in [-0.15, -0.1) is 0 Å². The molecule has 2 saturated carbocycles. The summed E-state index contributed by atoms with van der Waals surface area (Å²) in [6.45, 7) is 0. The quantitative estimate of drug-likeness (QED) is 0.917. The molecule has 1 aromatic rings. The average Bonchev–Trinajstić information content (AvgIpc) is 3.34. The molecule has 24 heavy (non-hydrogen) atoms. The molecular formula is C18H21F2NO3. The second-order valence-corrected chi connectivity index (χ2v) is 6.91. The molecule has 0 bridgehead atoms. The maximum atomic E-state index is 13.9. The highest BCUT2D eigenvalue weighted by Crippen LogP contribution is 2.50. The van der Waals surface area contributed by atoms with Crippen LogP contribution in [-0.2, 0) is 9.59 Å². The van der Waals surface area contributed by atoms with Crippen LogP contribution < -0.4 is 0 Å². The van der Waals surface area contributed by atoms with E-state index in [0.29, 0.717) is 24.8 Å². The fraction of sp³-hybridized carbons (Fsp3) is 0.556.